The Kier molecular flexibility index (Phi) is 10.5. The first-order valence-electron chi connectivity index (χ1n) is 9.16. The fourth-order valence-electron chi connectivity index (χ4n) is 2.83. The Labute approximate surface area is 275 Å². The first-order chi connectivity index (χ1) is 17.9. The number of ether oxygens (including phenoxy) is 2. The van der Waals surface area contributed by atoms with Gasteiger partial charge in [0.1, 0.15) is 15.9 Å². The minimum absolute atomic E-state index is 0.0596. The maximum Gasteiger partial charge on any atom is 0.345 e. The molecular formula is C20H2Br4F5I2O7S-. The molecule has 0 saturated carbocycles. The molecule has 0 aliphatic heterocycles. The smallest absolute Gasteiger partial charge is 0.345 e. The molecule has 0 heterocycles. The Morgan fingerprint density at radius 1 is 0.692 bits per heavy atom. The highest BCUT2D eigenvalue weighted by Gasteiger charge is 2.34. The molecule has 0 amide bonds. The van der Waals surface area contributed by atoms with E-state index in [9.17, 15) is 44.5 Å². The molecule has 0 aliphatic rings. The van der Waals surface area contributed by atoms with Crippen LogP contribution in [0.1, 0.15) is 20.7 Å². The summed E-state index contributed by atoms with van der Waals surface area (Å²) in [6.07, 6.45) is 0. The molecule has 0 spiro atoms. The van der Waals surface area contributed by atoms with Crippen LogP contribution in [0.4, 0.5) is 22.0 Å². The molecule has 3 rings (SSSR count). The van der Waals surface area contributed by atoms with Crippen LogP contribution in [0.5, 0.6) is 11.5 Å². The van der Waals surface area contributed by atoms with Crippen LogP contribution in [0.15, 0.2) is 34.9 Å². The Balaban J connectivity index is 2.16. The van der Waals surface area contributed by atoms with Crippen molar-refractivity contribution in [2.75, 3.05) is 0 Å². The molecule has 0 unspecified atom stereocenters. The Morgan fingerprint density at radius 2 is 1.05 bits per heavy atom. The SMILES string of the molecule is O=C(Oc1cc(I)c(S(=O)(=O)[O-])c(I)c1)c1c(Br)c(Br)c(Br)c(Br)c1C(=O)Oc1c(F)c(F)c(F)c(F)c1F. The second-order valence-corrected chi connectivity index (χ2v) is 13.7. The van der Waals surface area contributed by atoms with E-state index in [0.717, 1.165) is 12.1 Å². The topological polar surface area (TPSA) is 110 Å². The lowest BCUT2D eigenvalue weighted by atomic mass is 10.1. The van der Waals surface area contributed by atoms with Crippen molar-refractivity contribution < 1.29 is 54.0 Å². The Hall–Kier alpha value is -0.460. The first kappa shape index (κ1) is 33.0. The van der Waals surface area contributed by atoms with Crippen molar-refractivity contribution in [3.63, 3.8) is 0 Å². The van der Waals surface area contributed by atoms with Gasteiger partial charge in [-0.1, -0.05) is 0 Å². The molecule has 0 atom stereocenters. The van der Waals surface area contributed by atoms with Gasteiger partial charge in [0.05, 0.1) is 16.0 Å². The monoisotopic (exact) mass is 1050 g/mol. The lowest BCUT2D eigenvalue weighted by Gasteiger charge is -2.17. The molecule has 0 bridgehead atoms. The summed E-state index contributed by atoms with van der Waals surface area (Å²) in [5, 5.41) is 0. The third kappa shape index (κ3) is 6.48. The fourth-order valence-corrected chi connectivity index (χ4v) is 9.19. The van der Waals surface area contributed by atoms with Gasteiger partial charge in [0, 0.05) is 25.0 Å². The minimum atomic E-state index is -4.88. The van der Waals surface area contributed by atoms with E-state index in [1.807, 2.05) is 0 Å². The van der Waals surface area contributed by atoms with Crippen LogP contribution in [0.2, 0.25) is 0 Å². The van der Waals surface area contributed by atoms with Gasteiger partial charge in [-0.05, 0) is 121 Å². The third-order valence-corrected chi connectivity index (χ3v) is 12.6. The normalized spacial score (nSPS) is 11.5. The van der Waals surface area contributed by atoms with Crippen LogP contribution < -0.4 is 9.47 Å². The predicted octanol–water partition coefficient (Wildman–Crippen LogP) is 7.98. The minimum Gasteiger partial charge on any atom is -0.744 e. The molecule has 208 valence electrons. The van der Waals surface area contributed by atoms with E-state index in [4.69, 9.17) is 4.74 Å². The molecule has 39 heavy (non-hydrogen) atoms. The summed E-state index contributed by atoms with van der Waals surface area (Å²) < 4.78 is 113. The molecule has 0 saturated heterocycles. The quantitative estimate of drug-likeness (QED) is 0.0485. The van der Waals surface area contributed by atoms with Gasteiger partial charge >= 0.3 is 11.9 Å². The molecule has 0 fully saturated rings. The summed E-state index contributed by atoms with van der Waals surface area (Å²) >= 11 is 15.4. The summed E-state index contributed by atoms with van der Waals surface area (Å²) in [4.78, 5) is 25.6. The number of hydrogen-bond acceptors (Lipinski definition) is 7. The van der Waals surface area contributed by atoms with Crippen LogP contribution >= 0.6 is 109 Å². The fraction of sp³-hybridized carbons (Fsp3) is 0. The highest BCUT2D eigenvalue weighted by atomic mass is 127. The van der Waals surface area contributed by atoms with Gasteiger partial charge in [0.25, 0.3) is 0 Å². The number of benzene rings is 3. The van der Waals surface area contributed by atoms with Crippen molar-refractivity contribution in [2.45, 2.75) is 4.90 Å². The number of carbonyl (C=O) groups is 2. The van der Waals surface area contributed by atoms with E-state index in [2.05, 4.69) is 68.5 Å². The molecule has 19 heteroatoms. The van der Waals surface area contributed by atoms with Crippen molar-refractivity contribution in [1.29, 1.82) is 0 Å². The largest absolute Gasteiger partial charge is 0.744 e. The second kappa shape index (κ2) is 12.4. The standard InChI is InChI=1S/C20H3Br4F5I2O7S/c21-8-6(19(32)37-3-1-4(30)18(5(31)2-3)39(34,35)36)7(9(22)11(24)10(8)23)20(33)38-17-15(28)13(26)12(25)14(27)16(17)29/h1-2H,(H,34,35,36)/p-1. The zero-order valence-electron chi connectivity index (χ0n) is 17.6. The average molecular weight is 1050 g/mol. The van der Waals surface area contributed by atoms with Gasteiger partial charge in [0.15, 0.2) is 0 Å². The van der Waals surface area contributed by atoms with Crippen LogP contribution in [-0.2, 0) is 10.1 Å². The van der Waals surface area contributed by atoms with Crippen LogP contribution in [0.25, 0.3) is 0 Å². The molecule has 3 aromatic rings. The van der Waals surface area contributed by atoms with Gasteiger partial charge in [-0.25, -0.2) is 31.2 Å². The number of carbonyl (C=O) groups excluding carboxylic acids is 2. The molecule has 0 radical (unpaired) electrons. The van der Waals surface area contributed by atoms with Gasteiger partial charge in [-0.3, -0.25) is 0 Å². The molecule has 3 aromatic carbocycles. The van der Waals surface area contributed by atoms with Gasteiger partial charge < -0.3 is 14.0 Å². The summed E-state index contributed by atoms with van der Waals surface area (Å²) in [5.74, 6) is -17.3. The predicted molar refractivity (Wildman–Crippen MR) is 153 cm³/mol. The zero-order valence-corrected chi connectivity index (χ0v) is 29.1. The lowest BCUT2D eigenvalue weighted by molar-refractivity contribution is 0.0680. The first-order valence-corrected chi connectivity index (χ1v) is 15.9. The molecule has 0 aromatic heterocycles. The molecular weight excluding hydrogens is 1050 g/mol. The van der Waals surface area contributed by atoms with Crippen molar-refractivity contribution in [1.82, 2.24) is 0 Å². The highest BCUT2D eigenvalue weighted by molar-refractivity contribution is 14.1. The van der Waals surface area contributed by atoms with E-state index >= 15 is 0 Å². The van der Waals surface area contributed by atoms with Gasteiger partial charge in [0.2, 0.25) is 34.8 Å². The maximum absolute atomic E-state index is 14.1. The highest BCUT2D eigenvalue weighted by Crippen LogP contribution is 2.43. The van der Waals surface area contributed by atoms with E-state index in [1.54, 1.807) is 0 Å². The Bertz CT molecular complexity index is 1650. The van der Waals surface area contributed by atoms with E-state index in [-0.39, 0.29) is 30.8 Å². The molecule has 0 N–H and O–H groups in total. The zero-order chi connectivity index (χ0) is 29.7. The molecule has 0 aliphatic carbocycles. The summed E-state index contributed by atoms with van der Waals surface area (Å²) in [7, 11) is -4.88. The van der Waals surface area contributed by atoms with E-state index in [0.29, 0.717) is 0 Å². The number of hydrogen-bond donors (Lipinski definition) is 0. The second-order valence-electron chi connectivity index (χ2n) is 6.85. The van der Waals surface area contributed by atoms with Crippen molar-refractivity contribution in [3.8, 4) is 11.5 Å². The van der Waals surface area contributed by atoms with Crippen LogP contribution in [-0.4, -0.2) is 24.9 Å². The van der Waals surface area contributed by atoms with Crippen molar-refractivity contribution in [3.05, 3.63) is 77.4 Å². The third-order valence-electron chi connectivity index (χ3n) is 4.47. The van der Waals surface area contributed by atoms with Crippen molar-refractivity contribution >= 4 is 131 Å². The lowest BCUT2D eigenvalue weighted by Crippen LogP contribution is -2.21. The van der Waals surface area contributed by atoms with Crippen molar-refractivity contribution in [2.24, 2.45) is 0 Å². The number of rotatable bonds is 5. The van der Waals surface area contributed by atoms with Crippen LogP contribution in [0.3, 0.4) is 0 Å². The number of halogens is 11. The van der Waals surface area contributed by atoms with Gasteiger partial charge in [-0.2, -0.15) is 8.78 Å². The summed E-state index contributed by atoms with van der Waals surface area (Å²) in [6, 6.07) is 2.07. The van der Waals surface area contributed by atoms with E-state index in [1.165, 1.54) is 45.2 Å². The van der Waals surface area contributed by atoms with Gasteiger partial charge in [-0.15, -0.1) is 0 Å². The Morgan fingerprint density at radius 3 is 1.44 bits per heavy atom. The van der Waals surface area contributed by atoms with E-state index < -0.39 is 72.9 Å². The van der Waals surface area contributed by atoms with Crippen LogP contribution in [0, 0.1) is 36.2 Å². The maximum atomic E-state index is 14.1. The average Bonchev–Trinajstić information content (AvgIpc) is 2.83. The number of esters is 2. The summed E-state index contributed by atoms with van der Waals surface area (Å²) in [6.45, 7) is 0. The summed E-state index contributed by atoms with van der Waals surface area (Å²) in [5.41, 5.74) is -1.41. The molecule has 7 nitrogen and oxygen atoms in total.